The molecule has 2 saturated heterocycles. The molecular formula is C14H19FN2. The molecule has 2 aliphatic heterocycles. The Labute approximate surface area is 102 Å². The average molecular weight is 234 g/mol. The monoisotopic (exact) mass is 234 g/mol. The molecule has 0 aliphatic carbocycles. The molecule has 2 heterocycles. The van der Waals surface area contributed by atoms with Gasteiger partial charge in [0.1, 0.15) is 5.82 Å². The Kier molecular flexibility index (Phi) is 2.89. The summed E-state index contributed by atoms with van der Waals surface area (Å²) in [6, 6.07) is 7.35. The van der Waals surface area contributed by atoms with Crippen LogP contribution in [0.3, 0.4) is 0 Å². The molecule has 2 nitrogen and oxygen atoms in total. The van der Waals surface area contributed by atoms with Gasteiger partial charge in [0.15, 0.2) is 0 Å². The number of benzene rings is 1. The van der Waals surface area contributed by atoms with Gasteiger partial charge in [0.2, 0.25) is 0 Å². The summed E-state index contributed by atoms with van der Waals surface area (Å²) >= 11 is 0. The third-order valence-electron chi connectivity index (χ3n) is 4.32. The van der Waals surface area contributed by atoms with Crippen LogP contribution >= 0.6 is 0 Å². The lowest BCUT2D eigenvalue weighted by Crippen LogP contribution is -2.29. The molecule has 0 aromatic heterocycles. The first kappa shape index (κ1) is 11.2. The van der Waals surface area contributed by atoms with Crippen LogP contribution in [0.15, 0.2) is 24.3 Å². The van der Waals surface area contributed by atoms with E-state index in [-0.39, 0.29) is 11.9 Å². The third-order valence-corrected chi connectivity index (χ3v) is 4.32. The van der Waals surface area contributed by atoms with Crippen molar-refractivity contribution in [2.75, 3.05) is 26.2 Å². The Morgan fingerprint density at radius 1 is 1.24 bits per heavy atom. The van der Waals surface area contributed by atoms with Crippen LogP contribution < -0.4 is 5.32 Å². The minimum absolute atomic E-state index is 0.0739. The average Bonchev–Trinajstić information content (AvgIpc) is 2.88. The Morgan fingerprint density at radius 2 is 1.88 bits per heavy atom. The minimum atomic E-state index is -0.0739. The second kappa shape index (κ2) is 4.39. The zero-order valence-electron chi connectivity index (χ0n) is 10.2. The molecule has 1 N–H and O–H groups in total. The van der Waals surface area contributed by atoms with E-state index in [1.165, 1.54) is 0 Å². The number of nitrogens with one attached hydrogen (secondary N) is 1. The first-order valence-corrected chi connectivity index (χ1v) is 6.45. The predicted molar refractivity (Wildman–Crippen MR) is 66.2 cm³/mol. The maximum Gasteiger partial charge on any atom is 0.127 e. The zero-order valence-corrected chi connectivity index (χ0v) is 10.2. The maximum atomic E-state index is 13.7. The predicted octanol–water partition coefficient (Wildman–Crippen LogP) is 2.04. The molecule has 3 heteroatoms. The van der Waals surface area contributed by atoms with E-state index in [1.54, 1.807) is 12.1 Å². The van der Waals surface area contributed by atoms with Gasteiger partial charge in [0.25, 0.3) is 0 Å². The molecule has 0 bridgehead atoms. The summed E-state index contributed by atoms with van der Waals surface area (Å²) in [6.45, 7) is 6.59. The number of nitrogens with zero attached hydrogens (tertiary/aromatic N) is 1. The highest BCUT2D eigenvalue weighted by atomic mass is 19.1. The van der Waals surface area contributed by atoms with Crippen molar-refractivity contribution in [2.24, 2.45) is 11.8 Å². The van der Waals surface area contributed by atoms with Gasteiger partial charge in [0, 0.05) is 24.7 Å². The largest absolute Gasteiger partial charge is 0.316 e. The van der Waals surface area contributed by atoms with Gasteiger partial charge in [-0.25, -0.2) is 4.39 Å². The van der Waals surface area contributed by atoms with Crippen LogP contribution in [0, 0.1) is 17.7 Å². The lowest BCUT2D eigenvalue weighted by molar-refractivity contribution is 0.239. The van der Waals surface area contributed by atoms with Crippen molar-refractivity contribution in [1.82, 2.24) is 10.2 Å². The van der Waals surface area contributed by atoms with Gasteiger partial charge in [-0.3, -0.25) is 4.90 Å². The molecule has 0 saturated carbocycles. The second-order valence-corrected chi connectivity index (χ2v) is 5.33. The lowest BCUT2D eigenvalue weighted by Gasteiger charge is -2.25. The highest BCUT2D eigenvalue weighted by Crippen LogP contribution is 2.33. The smallest absolute Gasteiger partial charge is 0.127 e. The second-order valence-electron chi connectivity index (χ2n) is 5.33. The van der Waals surface area contributed by atoms with Crippen molar-refractivity contribution in [3.8, 4) is 0 Å². The Morgan fingerprint density at radius 3 is 2.53 bits per heavy atom. The molecule has 3 unspecified atom stereocenters. The van der Waals surface area contributed by atoms with Gasteiger partial charge in [-0.05, 0) is 37.9 Å². The first-order chi connectivity index (χ1) is 8.25. The fourth-order valence-corrected chi connectivity index (χ4v) is 3.22. The van der Waals surface area contributed by atoms with Crippen LogP contribution in [0.2, 0.25) is 0 Å². The van der Waals surface area contributed by atoms with E-state index in [0.717, 1.165) is 43.6 Å². The van der Waals surface area contributed by atoms with E-state index in [1.807, 2.05) is 12.1 Å². The van der Waals surface area contributed by atoms with Gasteiger partial charge >= 0.3 is 0 Å². The Hall–Kier alpha value is -0.930. The summed E-state index contributed by atoms with van der Waals surface area (Å²) in [5, 5.41) is 3.43. The van der Waals surface area contributed by atoms with Crippen molar-refractivity contribution < 1.29 is 4.39 Å². The maximum absolute atomic E-state index is 13.7. The summed E-state index contributed by atoms with van der Waals surface area (Å²) in [5.41, 5.74) is 0.834. The summed E-state index contributed by atoms with van der Waals surface area (Å²) in [5.74, 6) is 1.46. The van der Waals surface area contributed by atoms with Gasteiger partial charge in [-0.1, -0.05) is 18.2 Å². The molecule has 2 aliphatic rings. The molecular weight excluding hydrogens is 215 g/mol. The number of hydrogen-bond donors (Lipinski definition) is 1. The summed E-state index contributed by atoms with van der Waals surface area (Å²) in [4.78, 5) is 2.43. The molecule has 92 valence electrons. The number of rotatable bonds is 2. The van der Waals surface area contributed by atoms with Gasteiger partial charge in [-0.2, -0.15) is 0 Å². The normalized spacial score (nSPS) is 30.5. The number of hydrogen-bond acceptors (Lipinski definition) is 2. The van der Waals surface area contributed by atoms with E-state index in [0.29, 0.717) is 0 Å². The van der Waals surface area contributed by atoms with Crippen molar-refractivity contribution in [1.29, 1.82) is 0 Å². The van der Waals surface area contributed by atoms with Crippen LogP contribution in [0.5, 0.6) is 0 Å². The van der Waals surface area contributed by atoms with Crippen LogP contribution in [0.4, 0.5) is 4.39 Å². The highest BCUT2D eigenvalue weighted by molar-refractivity contribution is 5.21. The highest BCUT2D eigenvalue weighted by Gasteiger charge is 2.38. The standard InChI is InChI=1S/C14H19FN2/c1-10(13-4-2-3-5-14(13)15)17-8-11-6-16-7-12(11)9-17/h2-5,10-12,16H,6-9H2,1H3. The minimum Gasteiger partial charge on any atom is -0.316 e. The molecule has 1 aromatic carbocycles. The van der Waals surface area contributed by atoms with Crippen LogP contribution in [-0.2, 0) is 0 Å². The van der Waals surface area contributed by atoms with Crippen LogP contribution in [0.1, 0.15) is 18.5 Å². The van der Waals surface area contributed by atoms with Crippen molar-refractivity contribution >= 4 is 0 Å². The number of halogens is 1. The number of likely N-dealkylation sites (tertiary alicyclic amines) is 1. The van der Waals surface area contributed by atoms with Gasteiger partial charge in [-0.15, -0.1) is 0 Å². The van der Waals surface area contributed by atoms with Crippen molar-refractivity contribution in [3.05, 3.63) is 35.6 Å². The zero-order chi connectivity index (χ0) is 11.8. The van der Waals surface area contributed by atoms with Gasteiger partial charge < -0.3 is 5.32 Å². The van der Waals surface area contributed by atoms with Crippen molar-refractivity contribution in [2.45, 2.75) is 13.0 Å². The van der Waals surface area contributed by atoms with E-state index in [4.69, 9.17) is 0 Å². The van der Waals surface area contributed by atoms with Gasteiger partial charge in [0.05, 0.1) is 0 Å². The molecule has 0 amide bonds. The van der Waals surface area contributed by atoms with Crippen LogP contribution in [0.25, 0.3) is 0 Å². The molecule has 3 rings (SSSR count). The van der Waals surface area contributed by atoms with Crippen molar-refractivity contribution in [3.63, 3.8) is 0 Å². The van der Waals surface area contributed by atoms with E-state index >= 15 is 0 Å². The number of fused-ring (bicyclic) bond motifs is 1. The fraction of sp³-hybridized carbons (Fsp3) is 0.571. The third kappa shape index (κ3) is 1.98. The Balaban J connectivity index is 1.75. The van der Waals surface area contributed by atoms with E-state index < -0.39 is 0 Å². The molecule has 3 atom stereocenters. The molecule has 0 radical (unpaired) electrons. The van der Waals surface area contributed by atoms with Crippen LogP contribution in [-0.4, -0.2) is 31.1 Å². The summed E-state index contributed by atoms with van der Waals surface area (Å²) in [7, 11) is 0. The lowest BCUT2D eigenvalue weighted by atomic mass is 10.0. The van der Waals surface area contributed by atoms with E-state index in [2.05, 4.69) is 17.1 Å². The molecule has 0 spiro atoms. The molecule has 2 fully saturated rings. The molecule has 17 heavy (non-hydrogen) atoms. The summed E-state index contributed by atoms with van der Waals surface area (Å²) < 4.78 is 13.7. The van der Waals surface area contributed by atoms with E-state index in [9.17, 15) is 4.39 Å². The first-order valence-electron chi connectivity index (χ1n) is 6.45. The Bertz CT molecular complexity index is 395. The molecule has 1 aromatic rings. The summed E-state index contributed by atoms with van der Waals surface area (Å²) in [6.07, 6.45) is 0. The fourth-order valence-electron chi connectivity index (χ4n) is 3.22. The quantitative estimate of drug-likeness (QED) is 0.842. The topological polar surface area (TPSA) is 15.3 Å². The SMILES string of the molecule is CC(c1ccccc1F)N1CC2CNCC2C1.